The predicted octanol–water partition coefficient (Wildman–Crippen LogP) is 4.68. The van der Waals surface area contributed by atoms with Gasteiger partial charge in [0.1, 0.15) is 6.07 Å². The zero-order valence-corrected chi connectivity index (χ0v) is 14.5. The molecular formula is C17H13BrN4O3. The zero-order valence-electron chi connectivity index (χ0n) is 12.9. The summed E-state index contributed by atoms with van der Waals surface area (Å²) in [6.07, 6.45) is 1.75. The van der Waals surface area contributed by atoms with Crippen LogP contribution in [0.25, 0.3) is 0 Å². The quantitative estimate of drug-likeness (QED) is 0.429. The van der Waals surface area contributed by atoms with Crippen LogP contribution in [-0.2, 0) is 0 Å². The molecule has 1 aliphatic rings. The second-order valence-electron chi connectivity index (χ2n) is 5.65. The number of nitriles is 1. The summed E-state index contributed by atoms with van der Waals surface area (Å²) in [6, 6.07) is 11.9. The van der Waals surface area contributed by atoms with Gasteiger partial charge < -0.3 is 0 Å². The molecule has 1 aliphatic carbocycles. The van der Waals surface area contributed by atoms with Gasteiger partial charge in [0.2, 0.25) is 0 Å². The van der Waals surface area contributed by atoms with Crippen LogP contribution < -0.4 is 5.48 Å². The molecule has 0 aromatic heterocycles. The van der Waals surface area contributed by atoms with Gasteiger partial charge in [0.25, 0.3) is 5.69 Å². The van der Waals surface area contributed by atoms with Crippen LogP contribution in [0.4, 0.5) is 17.1 Å². The summed E-state index contributed by atoms with van der Waals surface area (Å²) >= 11 is 3.33. The lowest BCUT2D eigenvalue weighted by Gasteiger charge is -2.10. The fourth-order valence-electron chi connectivity index (χ4n) is 2.56. The van der Waals surface area contributed by atoms with Crippen molar-refractivity contribution in [3.8, 4) is 6.07 Å². The van der Waals surface area contributed by atoms with Gasteiger partial charge in [-0.2, -0.15) is 5.26 Å². The van der Waals surface area contributed by atoms with Gasteiger partial charge in [-0.1, -0.05) is 15.9 Å². The Balaban J connectivity index is 2.13. The van der Waals surface area contributed by atoms with E-state index in [0.29, 0.717) is 16.8 Å². The van der Waals surface area contributed by atoms with E-state index in [4.69, 9.17) is 0 Å². The highest BCUT2D eigenvalue weighted by Crippen LogP contribution is 2.45. The topological polar surface area (TPSA) is 112 Å². The zero-order chi connectivity index (χ0) is 18.0. The van der Waals surface area contributed by atoms with Crippen LogP contribution >= 0.6 is 15.9 Å². The van der Waals surface area contributed by atoms with Crippen molar-refractivity contribution in [1.82, 2.24) is 0 Å². The Labute approximate surface area is 151 Å². The minimum absolute atomic E-state index is 0.0654. The predicted molar refractivity (Wildman–Crippen MR) is 96.4 cm³/mol. The third kappa shape index (κ3) is 3.68. The van der Waals surface area contributed by atoms with Crippen LogP contribution in [0.2, 0.25) is 0 Å². The second kappa shape index (κ2) is 7.01. The number of halogens is 1. The minimum atomic E-state index is -0.476. The Morgan fingerprint density at radius 2 is 2.04 bits per heavy atom. The van der Waals surface area contributed by atoms with Crippen molar-refractivity contribution in [1.29, 1.82) is 5.26 Å². The monoisotopic (exact) mass is 400 g/mol. The molecule has 8 heteroatoms. The molecule has 25 heavy (non-hydrogen) atoms. The Morgan fingerprint density at radius 1 is 1.36 bits per heavy atom. The molecule has 2 aromatic carbocycles. The number of nitro benzene ring substituents is 1. The van der Waals surface area contributed by atoms with Crippen LogP contribution in [0, 0.1) is 21.4 Å². The van der Waals surface area contributed by atoms with Gasteiger partial charge in [-0.25, -0.2) is 4.99 Å². The molecular weight excluding hydrogens is 388 g/mol. The standard InChI is InChI=1S/C17H13BrN4O3/c18-11-3-5-12(6-4-11)20-16(9-19)14-7-13(10-1-2-10)17(22(24)25)8-15(14)21-23/h3-8,10,21,23H,1-2H2. The molecule has 2 N–H and O–H groups in total. The van der Waals surface area contributed by atoms with E-state index >= 15 is 0 Å². The van der Waals surface area contributed by atoms with Crippen molar-refractivity contribution in [3.05, 3.63) is 62.1 Å². The SMILES string of the molecule is N#CC(=Nc1ccc(Br)cc1)c1cc(C2CC2)c([N+](=O)[O-])cc1NO. The molecule has 7 nitrogen and oxygen atoms in total. The average Bonchev–Trinajstić information content (AvgIpc) is 3.45. The molecule has 126 valence electrons. The summed E-state index contributed by atoms with van der Waals surface area (Å²) in [7, 11) is 0. The normalized spacial score (nSPS) is 14.0. The number of nitrogens with zero attached hydrogens (tertiary/aromatic N) is 3. The fraction of sp³-hybridized carbons (Fsp3) is 0.176. The molecule has 0 unspecified atom stereocenters. The van der Waals surface area contributed by atoms with Gasteiger partial charge in [-0.3, -0.25) is 20.8 Å². The van der Waals surface area contributed by atoms with Crippen LogP contribution in [0.5, 0.6) is 0 Å². The highest BCUT2D eigenvalue weighted by molar-refractivity contribution is 9.10. The number of rotatable bonds is 5. The molecule has 0 saturated heterocycles. The number of hydrogen-bond donors (Lipinski definition) is 2. The maximum Gasteiger partial charge on any atom is 0.275 e. The highest BCUT2D eigenvalue weighted by Gasteiger charge is 2.32. The summed E-state index contributed by atoms with van der Waals surface area (Å²) in [5, 5.41) is 30.2. The van der Waals surface area contributed by atoms with Crippen molar-refractivity contribution in [3.63, 3.8) is 0 Å². The molecule has 3 rings (SSSR count). The van der Waals surface area contributed by atoms with E-state index in [2.05, 4.69) is 20.9 Å². The van der Waals surface area contributed by atoms with Crippen molar-refractivity contribution < 1.29 is 10.1 Å². The largest absolute Gasteiger partial charge is 0.291 e. The molecule has 1 fully saturated rings. The number of nitro groups is 1. The Kier molecular flexibility index (Phi) is 4.79. The van der Waals surface area contributed by atoms with E-state index in [1.54, 1.807) is 30.3 Å². The Bertz CT molecular complexity index is 899. The lowest BCUT2D eigenvalue weighted by Crippen LogP contribution is -2.06. The average molecular weight is 401 g/mol. The lowest BCUT2D eigenvalue weighted by molar-refractivity contribution is -0.385. The highest BCUT2D eigenvalue weighted by atomic mass is 79.9. The third-order valence-corrected chi connectivity index (χ3v) is 4.46. The summed E-state index contributed by atoms with van der Waals surface area (Å²) in [5.41, 5.74) is 3.49. The Morgan fingerprint density at radius 3 is 2.56 bits per heavy atom. The van der Waals surface area contributed by atoms with Crippen molar-refractivity contribution in [2.24, 2.45) is 4.99 Å². The van der Waals surface area contributed by atoms with Crippen LogP contribution in [-0.4, -0.2) is 15.8 Å². The van der Waals surface area contributed by atoms with E-state index in [-0.39, 0.29) is 23.0 Å². The minimum Gasteiger partial charge on any atom is -0.291 e. The number of aliphatic imine (C=N–C) groups is 1. The molecule has 0 heterocycles. The van der Waals surface area contributed by atoms with E-state index in [1.807, 2.05) is 11.5 Å². The van der Waals surface area contributed by atoms with Gasteiger partial charge in [0.15, 0.2) is 5.71 Å². The Hall–Kier alpha value is -2.76. The van der Waals surface area contributed by atoms with E-state index in [0.717, 1.165) is 17.3 Å². The van der Waals surface area contributed by atoms with Crippen molar-refractivity contribution in [2.45, 2.75) is 18.8 Å². The first-order valence-corrected chi connectivity index (χ1v) is 8.30. The molecule has 0 bridgehead atoms. The third-order valence-electron chi connectivity index (χ3n) is 3.93. The lowest BCUT2D eigenvalue weighted by atomic mass is 10.00. The second-order valence-corrected chi connectivity index (χ2v) is 6.56. The van der Waals surface area contributed by atoms with Crippen molar-refractivity contribution in [2.75, 3.05) is 5.48 Å². The molecule has 0 amide bonds. The molecule has 2 aromatic rings. The van der Waals surface area contributed by atoms with Crippen molar-refractivity contribution >= 4 is 38.7 Å². The first-order valence-electron chi connectivity index (χ1n) is 7.50. The number of nitrogens with one attached hydrogen (secondary N) is 1. The molecule has 0 aliphatic heterocycles. The van der Waals surface area contributed by atoms with Gasteiger partial charge >= 0.3 is 0 Å². The number of anilines is 1. The summed E-state index contributed by atoms with van der Waals surface area (Å²) in [6.45, 7) is 0. The summed E-state index contributed by atoms with van der Waals surface area (Å²) < 4.78 is 0.883. The summed E-state index contributed by atoms with van der Waals surface area (Å²) in [4.78, 5) is 15.1. The molecule has 0 radical (unpaired) electrons. The molecule has 1 saturated carbocycles. The van der Waals surface area contributed by atoms with Crippen LogP contribution in [0.1, 0.15) is 29.9 Å². The van der Waals surface area contributed by atoms with Crippen LogP contribution in [0.3, 0.4) is 0 Å². The van der Waals surface area contributed by atoms with Crippen LogP contribution in [0.15, 0.2) is 45.9 Å². The fourth-order valence-corrected chi connectivity index (χ4v) is 2.83. The van der Waals surface area contributed by atoms with Gasteiger partial charge in [-0.15, -0.1) is 0 Å². The summed E-state index contributed by atoms with van der Waals surface area (Å²) in [5.74, 6) is 0.111. The van der Waals surface area contributed by atoms with E-state index in [9.17, 15) is 20.6 Å². The van der Waals surface area contributed by atoms with E-state index in [1.165, 1.54) is 6.07 Å². The van der Waals surface area contributed by atoms with Gasteiger partial charge in [0, 0.05) is 21.7 Å². The first-order chi connectivity index (χ1) is 12.0. The number of benzene rings is 2. The maximum absolute atomic E-state index is 11.3. The smallest absolute Gasteiger partial charge is 0.275 e. The van der Waals surface area contributed by atoms with Gasteiger partial charge in [0.05, 0.1) is 16.3 Å². The molecule has 0 spiro atoms. The maximum atomic E-state index is 11.3. The molecule has 0 atom stereocenters. The van der Waals surface area contributed by atoms with Gasteiger partial charge in [-0.05, 0) is 49.1 Å². The number of hydrogen-bond acceptors (Lipinski definition) is 6. The van der Waals surface area contributed by atoms with E-state index < -0.39 is 4.92 Å². The first kappa shape index (κ1) is 17.1.